The van der Waals surface area contributed by atoms with E-state index in [-0.39, 0.29) is 17.9 Å². The fraction of sp³-hybridized carbons (Fsp3) is 0.240. The lowest BCUT2D eigenvalue weighted by Crippen LogP contribution is -2.29. The average molecular weight is 390 g/mol. The maximum absolute atomic E-state index is 13.9. The standard InChI is InChI=1S/C23H26FN3.C2H2/c1-3-4-6-11-17(2)21-22(18-12-7-5-8-13-18)27-23(26-21)25-16-19-14-9-10-15-20(19)24;1-2/h3-5,7-15,21-22H,6,16H2,1-2H3,(H2,25,26,27);1-2H/b4-3-,17-11+;/t21-,22+;/m1./s1. The molecule has 150 valence electrons. The number of allylic oxidation sites excluding steroid dienone is 3. The molecule has 3 rings (SSSR count). The summed E-state index contributed by atoms with van der Waals surface area (Å²) in [4.78, 5) is 4.57. The van der Waals surface area contributed by atoms with Crippen molar-refractivity contribution in [3.63, 3.8) is 0 Å². The van der Waals surface area contributed by atoms with E-state index in [0.29, 0.717) is 18.1 Å². The van der Waals surface area contributed by atoms with E-state index >= 15 is 0 Å². The highest BCUT2D eigenvalue weighted by molar-refractivity contribution is 5.84. The smallest absolute Gasteiger partial charge is 0.192 e. The number of aliphatic imine (C=N–C) groups is 1. The van der Waals surface area contributed by atoms with Crippen LogP contribution in [0.2, 0.25) is 0 Å². The van der Waals surface area contributed by atoms with Crippen molar-refractivity contribution in [3.8, 4) is 12.8 Å². The van der Waals surface area contributed by atoms with Gasteiger partial charge in [-0.15, -0.1) is 12.8 Å². The Kier molecular flexibility index (Phi) is 8.72. The molecule has 1 aliphatic rings. The van der Waals surface area contributed by atoms with Crippen LogP contribution in [0.4, 0.5) is 4.39 Å². The summed E-state index contributed by atoms with van der Waals surface area (Å²) < 4.78 is 13.9. The summed E-state index contributed by atoms with van der Waals surface area (Å²) in [5.74, 6) is 0.481. The normalized spacial score (nSPS) is 20.0. The third kappa shape index (κ3) is 6.08. The molecular weight excluding hydrogens is 361 g/mol. The number of benzene rings is 2. The van der Waals surface area contributed by atoms with Crippen LogP contribution in [0.1, 0.15) is 37.4 Å². The van der Waals surface area contributed by atoms with Gasteiger partial charge in [-0.1, -0.05) is 72.3 Å². The number of terminal acetylenes is 1. The molecule has 0 spiro atoms. The second-order valence-electron chi connectivity index (χ2n) is 6.66. The van der Waals surface area contributed by atoms with Gasteiger partial charge >= 0.3 is 0 Å². The Morgan fingerprint density at radius 3 is 2.45 bits per heavy atom. The van der Waals surface area contributed by atoms with Crippen molar-refractivity contribution < 1.29 is 4.39 Å². The van der Waals surface area contributed by atoms with Gasteiger partial charge in [0.25, 0.3) is 0 Å². The third-order valence-electron chi connectivity index (χ3n) is 4.74. The molecule has 3 nitrogen and oxygen atoms in total. The Morgan fingerprint density at radius 2 is 1.76 bits per heavy atom. The molecule has 0 aromatic heterocycles. The van der Waals surface area contributed by atoms with E-state index in [9.17, 15) is 4.39 Å². The van der Waals surface area contributed by atoms with Gasteiger partial charge in [-0.25, -0.2) is 9.38 Å². The van der Waals surface area contributed by atoms with Gasteiger partial charge in [-0.05, 0) is 31.9 Å². The molecule has 0 saturated carbocycles. The molecule has 1 saturated heterocycles. The highest BCUT2D eigenvalue weighted by Crippen LogP contribution is 2.26. The predicted molar refractivity (Wildman–Crippen MR) is 120 cm³/mol. The topological polar surface area (TPSA) is 36.4 Å². The summed E-state index contributed by atoms with van der Waals surface area (Å²) in [7, 11) is 0. The third-order valence-corrected chi connectivity index (χ3v) is 4.74. The molecule has 0 radical (unpaired) electrons. The van der Waals surface area contributed by atoms with E-state index < -0.39 is 0 Å². The minimum atomic E-state index is -0.224. The second-order valence-corrected chi connectivity index (χ2v) is 6.66. The first-order chi connectivity index (χ1) is 14.2. The molecule has 0 amide bonds. The van der Waals surface area contributed by atoms with Crippen molar-refractivity contribution >= 4 is 5.96 Å². The first kappa shape index (κ1) is 22.0. The number of rotatable bonds is 6. The summed E-state index contributed by atoms with van der Waals surface area (Å²) in [6, 6.07) is 17.3. The van der Waals surface area contributed by atoms with Crippen LogP contribution in [0, 0.1) is 18.7 Å². The van der Waals surface area contributed by atoms with Crippen LogP contribution in [0.5, 0.6) is 0 Å². The maximum Gasteiger partial charge on any atom is 0.192 e. The SMILES string of the molecule is C#C.C/C=C\C/C=C(\C)[C@H]1NC(=NCc2ccccc2F)N[C@H]1c1ccccc1. The maximum atomic E-state index is 13.9. The number of hydrogen-bond donors (Lipinski definition) is 2. The van der Waals surface area contributed by atoms with Crippen LogP contribution in [0.15, 0.2) is 83.4 Å². The minimum Gasteiger partial charge on any atom is -0.347 e. The summed E-state index contributed by atoms with van der Waals surface area (Å²) in [6.07, 6.45) is 15.3. The van der Waals surface area contributed by atoms with Crippen molar-refractivity contribution in [1.82, 2.24) is 10.6 Å². The molecule has 1 fully saturated rings. The molecule has 0 bridgehead atoms. The molecule has 29 heavy (non-hydrogen) atoms. The Bertz CT molecular complexity index is 881. The fourth-order valence-electron chi connectivity index (χ4n) is 3.21. The summed E-state index contributed by atoms with van der Waals surface area (Å²) in [6.45, 7) is 4.47. The van der Waals surface area contributed by atoms with Gasteiger partial charge in [0.15, 0.2) is 5.96 Å². The summed E-state index contributed by atoms with van der Waals surface area (Å²) in [5.41, 5.74) is 3.05. The minimum absolute atomic E-state index is 0.0902. The largest absolute Gasteiger partial charge is 0.347 e. The fourth-order valence-corrected chi connectivity index (χ4v) is 3.21. The van der Waals surface area contributed by atoms with Crippen molar-refractivity contribution in [2.75, 3.05) is 0 Å². The van der Waals surface area contributed by atoms with Gasteiger partial charge in [-0.2, -0.15) is 0 Å². The Labute approximate surface area is 173 Å². The number of hydrogen-bond acceptors (Lipinski definition) is 1. The van der Waals surface area contributed by atoms with Crippen molar-refractivity contribution in [3.05, 3.63) is 95.3 Å². The molecule has 0 aliphatic carbocycles. The highest BCUT2D eigenvalue weighted by atomic mass is 19.1. The Balaban J connectivity index is 0.00000145. The van der Waals surface area contributed by atoms with Crippen LogP contribution >= 0.6 is 0 Å². The number of nitrogens with zero attached hydrogens (tertiary/aromatic N) is 1. The average Bonchev–Trinajstić information content (AvgIpc) is 3.20. The van der Waals surface area contributed by atoms with Gasteiger partial charge in [0.2, 0.25) is 0 Å². The molecule has 0 unspecified atom stereocenters. The lowest BCUT2D eigenvalue weighted by molar-refractivity contribution is 0.587. The van der Waals surface area contributed by atoms with Crippen LogP contribution in [0.3, 0.4) is 0 Å². The van der Waals surface area contributed by atoms with Crippen LogP contribution in [0.25, 0.3) is 0 Å². The van der Waals surface area contributed by atoms with E-state index in [1.165, 1.54) is 17.2 Å². The van der Waals surface area contributed by atoms with Crippen LogP contribution in [-0.2, 0) is 6.54 Å². The summed E-state index contributed by atoms with van der Waals surface area (Å²) >= 11 is 0. The molecule has 2 N–H and O–H groups in total. The lowest BCUT2D eigenvalue weighted by atomic mass is 9.95. The van der Waals surface area contributed by atoms with E-state index in [1.807, 2.05) is 31.2 Å². The molecule has 2 aromatic rings. The monoisotopic (exact) mass is 389 g/mol. The van der Waals surface area contributed by atoms with Gasteiger partial charge in [0.1, 0.15) is 5.82 Å². The zero-order valence-electron chi connectivity index (χ0n) is 17.0. The molecule has 4 heteroatoms. The first-order valence-corrected chi connectivity index (χ1v) is 9.66. The van der Waals surface area contributed by atoms with Gasteiger partial charge in [0, 0.05) is 5.56 Å². The second kappa shape index (κ2) is 11.5. The van der Waals surface area contributed by atoms with Crippen LogP contribution in [-0.4, -0.2) is 12.0 Å². The van der Waals surface area contributed by atoms with E-state index in [1.54, 1.807) is 12.1 Å². The number of nitrogens with one attached hydrogen (secondary N) is 2. The van der Waals surface area contributed by atoms with Crippen LogP contribution < -0.4 is 10.6 Å². The van der Waals surface area contributed by atoms with E-state index in [0.717, 1.165) is 6.42 Å². The summed E-state index contributed by atoms with van der Waals surface area (Å²) in [5, 5.41) is 6.96. The van der Waals surface area contributed by atoms with Crippen molar-refractivity contribution in [1.29, 1.82) is 0 Å². The van der Waals surface area contributed by atoms with E-state index in [4.69, 9.17) is 0 Å². The highest BCUT2D eigenvalue weighted by Gasteiger charge is 2.32. The lowest BCUT2D eigenvalue weighted by Gasteiger charge is -2.19. The molecule has 2 atom stereocenters. The Hall–Kier alpha value is -3.32. The molecule has 1 heterocycles. The zero-order chi connectivity index (χ0) is 21.1. The number of halogens is 1. The zero-order valence-corrected chi connectivity index (χ0v) is 17.0. The molecule has 2 aromatic carbocycles. The van der Waals surface area contributed by atoms with Gasteiger partial charge in [-0.3, -0.25) is 0 Å². The predicted octanol–water partition coefficient (Wildman–Crippen LogP) is 5.15. The van der Waals surface area contributed by atoms with Gasteiger partial charge in [0.05, 0.1) is 18.6 Å². The Morgan fingerprint density at radius 1 is 1.07 bits per heavy atom. The van der Waals surface area contributed by atoms with Crippen molar-refractivity contribution in [2.45, 2.75) is 38.9 Å². The van der Waals surface area contributed by atoms with Crippen molar-refractivity contribution in [2.24, 2.45) is 4.99 Å². The molecule has 1 aliphatic heterocycles. The number of guanidine groups is 1. The van der Waals surface area contributed by atoms with Gasteiger partial charge < -0.3 is 10.6 Å². The van der Waals surface area contributed by atoms with E-state index in [2.05, 4.69) is 65.8 Å². The quantitative estimate of drug-likeness (QED) is 0.530. The molecular formula is C25H28FN3. The first-order valence-electron chi connectivity index (χ1n) is 9.66.